The summed E-state index contributed by atoms with van der Waals surface area (Å²) in [5.41, 5.74) is 10.2. The summed E-state index contributed by atoms with van der Waals surface area (Å²) in [7, 11) is 0. The zero-order chi connectivity index (χ0) is 14.6. The van der Waals surface area contributed by atoms with Crippen LogP contribution in [0.2, 0.25) is 5.28 Å². The highest BCUT2D eigenvalue weighted by molar-refractivity contribution is 6.28. The van der Waals surface area contributed by atoms with Crippen molar-refractivity contribution in [1.29, 1.82) is 0 Å². The first-order valence-electron chi connectivity index (χ1n) is 5.33. The Hall–Kier alpha value is -2.16. The van der Waals surface area contributed by atoms with E-state index in [1.165, 1.54) is 0 Å². The van der Waals surface area contributed by atoms with E-state index in [2.05, 4.69) is 25.6 Å². The fraction of sp³-hybridized carbons (Fsp3) is 0.444. The Morgan fingerprint density at radius 1 is 1.00 bits per heavy atom. The van der Waals surface area contributed by atoms with Crippen molar-refractivity contribution in [2.75, 3.05) is 10.6 Å². The minimum Gasteiger partial charge on any atom is -0.368 e. The molecule has 2 atom stereocenters. The number of nitrogens with two attached hydrogens (primary N) is 2. The Bertz CT molecular complexity index is 455. The molecule has 2 amide bonds. The molecule has 1 aromatic heterocycles. The molecule has 0 unspecified atom stereocenters. The first kappa shape index (κ1) is 14.9. The van der Waals surface area contributed by atoms with Gasteiger partial charge in [-0.1, -0.05) is 0 Å². The van der Waals surface area contributed by atoms with Crippen LogP contribution in [0.1, 0.15) is 13.8 Å². The highest BCUT2D eigenvalue weighted by Gasteiger charge is 2.14. The fourth-order valence-corrected chi connectivity index (χ4v) is 1.17. The zero-order valence-electron chi connectivity index (χ0n) is 10.3. The van der Waals surface area contributed by atoms with Gasteiger partial charge in [-0.05, 0) is 25.4 Å². The lowest BCUT2D eigenvalue weighted by Crippen LogP contribution is -2.34. The van der Waals surface area contributed by atoms with Crippen LogP contribution in [0.5, 0.6) is 0 Å². The third-order valence-electron chi connectivity index (χ3n) is 2.15. The normalized spacial score (nSPS) is 13.4. The third-order valence-corrected chi connectivity index (χ3v) is 2.32. The first-order chi connectivity index (χ1) is 8.79. The summed E-state index contributed by atoms with van der Waals surface area (Å²) in [6.45, 7) is 3.08. The second-order valence-corrected chi connectivity index (χ2v) is 4.13. The van der Waals surface area contributed by atoms with Crippen molar-refractivity contribution < 1.29 is 9.59 Å². The van der Waals surface area contributed by atoms with Crippen molar-refractivity contribution in [3.8, 4) is 0 Å². The molecule has 0 aromatic carbocycles. The van der Waals surface area contributed by atoms with E-state index < -0.39 is 23.9 Å². The SMILES string of the molecule is C[C@@H](Nc1nc(Cl)nc(N[C@H](C)C(N)=O)n1)C(N)=O. The van der Waals surface area contributed by atoms with Gasteiger partial charge in [0.05, 0.1) is 0 Å². The van der Waals surface area contributed by atoms with Crippen LogP contribution in [-0.4, -0.2) is 38.8 Å². The second kappa shape index (κ2) is 6.14. The summed E-state index contributed by atoms with van der Waals surface area (Å²) in [5, 5.41) is 5.19. The molecule has 0 bridgehead atoms. The number of nitrogens with one attached hydrogen (secondary N) is 2. The summed E-state index contributed by atoms with van der Waals surface area (Å²) in [5.74, 6) is -1.02. The number of carbonyl (C=O) groups excluding carboxylic acids is 2. The maximum Gasteiger partial charge on any atom is 0.239 e. The highest BCUT2D eigenvalue weighted by Crippen LogP contribution is 2.11. The average Bonchev–Trinajstić information content (AvgIpc) is 2.27. The average molecular weight is 288 g/mol. The molecule has 0 radical (unpaired) electrons. The van der Waals surface area contributed by atoms with Gasteiger partial charge in [0, 0.05) is 0 Å². The van der Waals surface area contributed by atoms with Crippen LogP contribution in [-0.2, 0) is 9.59 Å². The number of hydrogen-bond acceptors (Lipinski definition) is 7. The van der Waals surface area contributed by atoms with E-state index in [4.69, 9.17) is 23.1 Å². The van der Waals surface area contributed by atoms with Gasteiger partial charge in [0.25, 0.3) is 0 Å². The van der Waals surface area contributed by atoms with Crippen molar-refractivity contribution in [1.82, 2.24) is 15.0 Å². The van der Waals surface area contributed by atoms with Gasteiger partial charge in [0.1, 0.15) is 12.1 Å². The largest absolute Gasteiger partial charge is 0.368 e. The van der Waals surface area contributed by atoms with E-state index >= 15 is 0 Å². The maximum atomic E-state index is 10.9. The molecule has 1 aromatic rings. The predicted molar refractivity (Wildman–Crippen MR) is 69.4 cm³/mol. The second-order valence-electron chi connectivity index (χ2n) is 3.79. The van der Waals surface area contributed by atoms with Gasteiger partial charge in [-0.3, -0.25) is 9.59 Å². The smallest absolute Gasteiger partial charge is 0.239 e. The van der Waals surface area contributed by atoms with Crippen LogP contribution in [0.25, 0.3) is 0 Å². The number of aromatic nitrogens is 3. The van der Waals surface area contributed by atoms with Crippen molar-refractivity contribution >= 4 is 35.3 Å². The van der Waals surface area contributed by atoms with Crippen LogP contribution in [0, 0.1) is 0 Å². The number of halogens is 1. The van der Waals surface area contributed by atoms with Crippen LogP contribution in [0.15, 0.2) is 0 Å². The number of rotatable bonds is 6. The molecule has 6 N–H and O–H groups in total. The standard InChI is InChI=1S/C9H14ClN7O2/c1-3(5(11)18)13-8-15-7(10)16-9(17-8)14-4(2)6(12)19/h3-4H,1-2H3,(H2,11,18)(H2,12,19)(H2,13,14,15,16,17)/t3-,4-/m1/s1. The van der Waals surface area contributed by atoms with E-state index in [-0.39, 0.29) is 17.2 Å². The molecule has 0 saturated carbocycles. The molecule has 0 aliphatic carbocycles. The van der Waals surface area contributed by atoms with Crippen LogP contribution >= 0.6 is 11.6 Å². The molecule has 1 heterocycles. The van der Waals surface area contributed by atoms with Crippen LogP contribution in [0.4, 0.5) is 11.9 Å². The molecular formula is C9H14ClN7O2. The summed E-state index contributed by atoms with van der Waals surface area (Å²) in [6, 6.07) is -1.36. The number of carbonyl (C=O) groups is 2. The van der Waals surface area contributed by atoms with Gasteiger partial charge in [-0.15, -0.1) is 0 Å². The lowest BCUT2D eigenvalue weighted by atomic mass is 10.3. The molecule has 0 fully saturated rings. The summed E-state index contributed by atoms with van der Waals surface area (Å²) >= 11 is 5.70. The van der Waals surface area contributed by atoms with E-state index in [1.54, 1.807) is 13.8 Å². The topological polar surface area (TPSA) is 149 Å². The van der Waals surface area contributed by atoms with Crippen molar-refractivity contribution in [2.45, 2.75) is 25.9 Å². The van der Waals surface area contributed by atoms with Crippen molar-refractivity contribution in [2.24, 2.45) is 11.5 Å². The predicted octanol–water partition coefficient (Wildman–Crippen LogP) is -0.904. The number of nitrogens with zero attached hydrogens (tertiary/aromatic N) is 3. The van der Waals surface area contributed by atoms with Crippen LogP contribution < -0.4 is 22.1 Å². The van der Waals surface area contributed by atoms with Gasteiger partial charge in [-0.2, -0.15) is 15.0 Å². The third kappa shape index (κ3) is 4.54. The lowest BCUT2D eigenvalue weighted by molar-refractivity contribution is -0.119. The molecule has 10 heteroatoms. The Balaban J connectivity index is 2.88. The molecule has 9 nitrogen and oxygen atoms in total. The maximum absolute atomic E-state index is 10.9. The highest BCUT2D eigenvalue weighted by atomic mass is 35.5. The molecule has 0 saturated heterocycles. The summed E-state index contributed by atoms with van der Waals surface area (Å²) in [6.07, 6.45) is 0. The minimum atomic E-state index is -0.681. The Labute approximate surface area is 114 Å². The number of amides is 2. The monoisotopic (exact) mass is 287 g/mol. The van der Waals surface area contributed by atoms with Gasteiger partial charge >= 0.3 is 0 Å². The summed E-state index contributed by atoms with van der Waals surface area (Å²) in [4.78, 5) is 33.3. The number of anilines is 2. The molecule has 19 heavy (non-hydrogen) atoms. The summed E-state index contributed by atoms with van der Waals surface area (Å²) < 4.78 is 0. The van der Waals surface area contributed by atoms with Gasteiger partial charge in [0.2, 0.25) is 29.0 Å². The Kier molecular flexibility index (Phi) is 4.81. The van der Waals surface area contributed by atoms with Crippen molar-refractivity contribution in [3.05, 3.63) is 5.28 Å². The number of primary amides is 2. The molecule has 0 aliphatic heterocycles. The van der Waals surface area contributed by atoms with Crippen molar-refractivity contribution in [3.63, 3.8) is 0 Å². The number of hydrogen-bond donors (Lipinski definition) is 4. The lowest BCUT2D eigenvalue weighted by Gasteiger charge is -2.13. The molecule has 0 spiro atoms. The Morgan fingerprint density at radius 3 is 1.68 bits per heavy atom. The fourth-order valence-electron chi connectivity index (χ4n) is 1.01. The first-order valence-corrected chi connectivity index (χ1v) is 5.70. The molecule has 0 aliphatic rings. The molecule has 1 rings (SSSR count). The van der Waals surface area contributed by atoms with E-state index in [0.29, 0.717) is 0 Å². The zero-order valence-corrected chi connectivity index (χ0v) is 11.1. The van der Waals surface area contributed by atoms with Gasteiger partial charge < -0.3 is 22.1 Å². The van der Waals surface area contributed by atoms with Crippen LogP contribution in [0.3, 0.4) is 0 Å². The van der Waals surface area contributed by atoms with E-state index in [9.17, 15) is 9.59 Å². The quantitative estimate of drug-likeness (QED) is 0.529. The van der Waals surface area contributed by atoms with E-state index in [0.717, 1.165) is 0 Å². The Morgan fingerprint density at radius 2 is 1.37 bits per heavy atom. The molecule has 104 valence electrons. The van der Waals surface area contributed by atoms with Gasteiger partial charge in [0.15, 0.2) is 0 Å². The minimum absolute atomic E-state index is 0.0606. The molecular weight excluding hydrogens is 274 g/mol. The van der Waals surface area contributed by atoms with E-state index in [1.807, 2.05) is 0 Å². The van der Waals surface area contributed by atoms with Gasteiger partial charge in [-0.25, -0.2) is 0 Å².